The number of halogens is 7. The van der Waals surface area contributed by atoms with Crippen LogP contribution in [0.3, 0.4) is 0 Å². The summed E-state index contributed by atoms with van der Waals surface area (Å²) in [7, 11) is 0. The molecule has 1 aromatic rings. The van der Waals surface area contributed by atoms with Gasteiger partial charge in [-0.05, 0) is 18.2 Å². The summed E-state index contributed by atoms with van der Waals surface area (Å²) in [6.07, 6.45) is -9.71. The predicted octanol–water partition coefficient (Wildman–Crippen LogP) is 3.88. The third kappa shape index (κ3) is 4.62. The number of alkyl halides is 6. The monoisotopic (exact) mass is 305 g/mol. The van der Waals surface area contributed by atoms with E-state index < -0.39 is 35.2 Å². The summed E-state index contributed by atoms with van der Waals surface area (Å²) >= 11 is 5.40. The molecule has 0 spiro atoms. The summed E-state index contributed by atoms with van der Waals surface area (Å²) in [5, 5.41) is -0.418. The van der Waals surface area contributed by atoms with E-state index in [1.54, 1.807) is 0 Å². The van der Waals surface area contributed by atoms with Crippen LogP contribution in [-0.2, 0) is 11.0 Å². The van der Waals surface area contributed by atoms with Crippen LogP contribution < -0.4 is 4.90 Å². The molecule has 0 bridgehead atoms. The summed E-state index contributed by atoms with van der Waals surface area (Å²) < 4.78 is 73.9. The van der Waals surface area contributed by atoms with Crippen molar-refractivity contribution in [3.05, 3.63) is 28.8 Å². The van der Waals surface area contributed by atoms with E-state index in [0.717, 1.165) is 6.07 Å². The third-order valence-corrected chi connectivity index (χ3v) is 2.24. The van der Waals surface area contributed by atoms with E-state index in [1.165, 1.54) is 0 Å². The summed E-state index contributed by atoms with van der Waals surface area (Å²) in [5.74, 6) is 0. The lowest BCUT2D eigenvalue weighted by molar-refractivity contribution is -0.137. The fourth-order valence-electron chi connectivity index (χ4n) is 1.29. The Morgan fingerprint density at radius 1 is 1.11 bits per heavy atom. The lowest BCUT2D eigenvalue weighted by Gasteiger charge is -2.20. The van der Waals surface area contributed by atoms with Crippen LogP contribution in [0.1, 0.15) is 5.56 Å². The van der Waals surface area contributed by atoms with Gasteiger partial charge in [-0.15, -0.1) is 0 Å². The van der Waals surface area contributed by atoms with Gasteiger partial charge in [0.2, 0.25) is 6.41 Å². The van der Waals surface area contributed by atoms with Gasteiger partial charge in [0, 0.05) is 10.7 Å². The van der Waals surface area contributed by atoms with E-state index in [2.05, 4.69) is 0 Å². The van der Waals surface area contributed by atoms with Crippen LogP contribution in [0, 0.1) is 0 Å². The number of carbonyl (C=O) groups excluding carboxylic acids is 1. The van der Waals surface area contributed by atoms with Crippen molar-refractivity contribution in [3.8, 4) is 0 Å². The fraction of sp³-hybridized carbons (Fsp3) is 0.300. The molecule has 19 heavy (non-hydrogen) atoms. The lowest BCUT2D eigenvalue weighted by atomic mass is 10.2. The molecule has 0 atom stereocenters. The molecule has 0 aliphatic heterocycles. The topological polar surface area (TPSA) is 20.3 Å². The summed E-state index contributed by atoms with van der Waals surface area (Å²) in [4.78, 5) is 10.7. The number of amides is 1. The van der Waals surface area contributed by atoms with Crippen molar-refractivity contribution in [2.45, 2.75) is 12.4 Å². The first-order chi connectivity index (χ1) is 8.53. The highest BCUT2D eigenvalue weighted by atomic mass is 35.5. The average molecular weight is 306 g/mol. The molecule has 2 nitrogen and oxygen atoms in total. The van der Waals surface area contributed by atoms with E-state index in [0.29, 0.717) is 12.1 Å². The molecule has 0 N–H and O–H groups in total. The van der Waals surface area contributed by atoms with Gasteiger partial charge in [-0.25, -0.2) is 0 Å². The van der Waals surface area contributed by atoms with Crippen molar-refractivity contribution in [2.75, 3.05) is 11.4 Å². The van der Waals surface area contributed by atoms with Crippen molar-refractivity contribution >= 4 is 23.7 Å². The highest BCUT2D eigenvalue weighted by Gasteiger charge is 2.34. The van der Waals surface area contributed by atoms with Gasteiger partial charge in [0.05, 0.1) is 5.56 Å². The van der Waals surface area contributed by atoms with Gasteiger partial charge in [0.25, 0.3) is 0 Å². The average Bonchev–Trinajstić information content (AvgIpc) is 2.22. The highest BCUT2D eigenvalue weighted by molar-refractivity contribution is 6.31. The normalized spacial score (nSPS) is 12.4. The van der Waals surface area contributed by atoms with Crippen LogP contribution in [0.4, 0.5) is 32.0 Å². The number of rotatable bonds is 3. The van der Waals surface area contributed by atoms with E-state index >= 15 is 0 Å². The lowest BCUT2D eigenvalue weighted by Crippen LogP contribution is -2.33. The van der Waals surface area contributed by atoms with E-state index in [9.17, 15) is 31.1 Å². The molecule has 1 amide bonds. The Bertz CT molecular complexity index is 470. The highest BCUT2D eigenvalue weighted by Crippen LogP contribution is 2.34. The number of nitrogens with zero attached hydrogens (tertiary/aromatic N) is 1. The Balaban J connectivity index is 3.18. The minimum Gasteiger partial charge on any atom is -0.306 e. The Hall–Kier alpha value is -1.44. The number of hydrogen-bond acceptors (Lipinski definition) is 1. The van der Waals surface area contributed by atoms with E-state index in [4.69, 9.17) is 11.6 Å². The molecule has 0 saturated heterocycles. The van der Waals surface area contributed by atoms with Gasteiger partial charge in [-0.3, -0.25) is 4.79 Å². The molecular formula is C10H6ClF6NO. The maximum atomic E-state index is 12.5. The quantitative estimate of drug-likeness (QED) is 0.613. The molecule has 1 rings (SSSR count). The molecule has 0 radical (unpaired) electrons. The van der Waals surface area contributed by atoms with E-state index in [-0.39, 0.29) is 11.3 Å². The summed E-state index contributed by atoms with van der Waals surface area (Å²) in [6.45, 7) is -1.70. The molecule has 0 unspecified atom stereocenters. The molecule has 1 aromatic carbocycles. The van der Waals surface area contributed by atoms with Gasteiger partial charge < -0.3 is 4.90 Å². The van der Waals surface area contributed by atoms with Crippen molar-refractivity contribution in [1.82, 2.24) is 0 Å². The Kier molecular flexibility index (Phi) is 4.34. The summed E-state index contributed by atoms with van der Waals surface area (Å²) in [5.41, 5.74) is -1.81. The Labute approximate surface area is 108 Å². The first-order valence-corrected chi connectivity index (χ1v) is 5.07. The Morgan fingerprint density at radius 3 is 2.11 bits per heavy atom. The minimum absolute atomic E-state index is 0.0983. The van der Waals surface area contributed by atoms with Gasteiger partial charge in [-0.2, -0.15) is 26.3 Å². The van der Waals surface area contributed by atoms with Crippen molar-refractivity contribution in [1.29, 1.82) is 0 Å². The number of anilines is 1. The van der Waals surface area contributed by atoms with Crippen molar-refractivity contribution in [2.24, 2.45) is 0 Å². The van der Waals surface area contributed by atoms with Gasteiger partial charge in [0.15, 0.2) is 0 Å². The molecule has 0 heterocycles. The van der Waals surface area contributed by atoms with Crippen LogP contribution in [0.15, 0.2) is 18.2 Å². The second-order valence-electron chi connectivity index (χ2n) is 3.54. The number of benzene rings is 1. The minimum atomic E-state index is -4.77. The zero-order valence-corrected chi connectivity index (χ0v) is 9.77. The van der Waals surface area contributed by atoms with Crippen molar-refractivity contribution < 1.29 is 31.1 Å². The van der Waals surface area contributed by atoms with Gasteiger partial charge >= 0.3 is 12.4 Å². The summed E-state index contributed by atoms with van der Waals surface area (Å²) in [6, 6.07) is 1.82. The Morgan fingerprint density at radius 2 is 1.68 bits per heavy atom. The zero-order chi connectivity index (χ0) is 14.8. The fourth-order valence-corrected chi connectivity index (χ4v) is 1.52. The number of carbonyl (C=O) groups is 1. The standard InChI is InChI=1S/C10H6ClF6NO/c11-7-1-6(10(15,16)17)2-8(3-7)18(5-19)4-9(12,13)14/h1-3,5H,4H2. The van der Waals surface area contributed by atoms with Gasteiger partial charge in [0.1, 0.15) is 6.54 Å². The van der Waals surface area contributed by atoms with Crippen LogP contribution in [0.25, 0.3) is 0 Å². The molecule has 9 heteroatoms. The van der Waals surface area contributed by atoms with Crippen LogP contribution >= 0.6 is 11.6 Å². The first-order valence-electron chi connectivity index (χ1n) is 4.69. The van der Waals surface area contributed by atoms with Crippen LogP contribution in [0.2, 0.25) is 5.02 Å². The maximum absolute atomic E-state index is 12.5. The maximum Gasteiger partial charge on any atom is 0.416 e. The third-order valence-electron chi connectivity index (χ3n) is 2.02. The predicted molar refractivity (Wildman–Crippen MR) is 55.9 cm³/mol. The first kappa shape index (κ1) is 15.6. The zero-order valence-electron chi connectivity index (χ0n) is 9.02. The molecule has 0 aliphatic rings. The van der Waals surface area contributed by atoms with Crippen LogP contribution in [0.5, 0.6) is 0 Å². The number of hydrogen-bond donors (Lipinski definition) is 0. The van der Waals surface area contributed by atoms with Crippen LogP contribution in [-0.4, -0.2) is 19.1 Å². The largest absolute Gasteiger partial charge is 0.416 e. The molecule has 0 aromatic heterocycles. The van der Waals surface area contributed by atoms with E-state index in [1.807, 2.05) is 0 Å². The second kappa shape index (κ2) is 5.28. The molecule has 106 valence electrons. The van der Waals surface area contributed by atoms with Gasteiger partial charge in [-0.1, -0.05) is 11.6 Å². The van der Waals surface area contributed by atoms with Crippen molar-refractivity contribution in [3.63, 3.8) is 0 Å². The molecule has 0 saturated carbocycles. The SMILES string of the molecule is O=CN(CC(F)(F)F)c1cc(Cl)cc(C(F)(F)F)c1. The smallest absolute Gasteiger partial charge is 0.306 e. The second-order valence-corrected chi connectivity index (χ2v) is 3.98. The molecule has 0 fully saturated rings. The molecule has 0 aliphatic carbocycles. The molecular weight excluding hydrogens is 300 g/mol.